The van der Waals surface area contributed by atoms with Gasteiger partial charge in [-0.05, 0) is 18.9 Å². The highest BCUT2D eigenvalue weighted by Gasteiger charge is 2.17. The predicted octanol–water partition coefficient (Wildman–Crippen LogP) is 2.79. The predicted molar refractivity (Wildman–Crippen MR) is 86.4 cm³/mol. The van der Waals surface area contributed by atoms with E-state index in [1.54, 1.807) is 18.2 Å². The second kappa shape index (κ2) is 9.42. The average Bonchev–Trinajstić information content (AvgIpc) is 2.76. The third kappa shape index (κ3) is 5.33. The molecule has 0 radical (unpaired) electrons. The summed E-state index contributed by atoms with van der Waals surface area (Å²) >= 11 is 0. The number of benzene rings is 1. The monoisotopic (exact) mass is 342 g/mol. The highest BCUT2D eigenvalue weighted by atomic mass is 19.3. The topological polar surface area (TPSA) is 50.8 Å². The van der Waals surface area contributed by atoms with Crippen molar-refractivity contribution in [1.29, 1.82) is 0 Å². The quantitative estimate of drug-likeness (QED) is 0.738. The molecule has 0 unspecified atom stereocenters. The first kappa shape index (κ1) is 18.4. The number of hydrogen-bond acceptors (Lipinski definition) is 4. The number of halogens is 2. The van der Waals surface area contributed by atoms with Crippen molar-refractivity contribution in [2.45, 2.75) is 38.8 Å². The fourth-order valence-corrected chi connectivity index (χ4v) is 2.80. The Morgan fingerprint density at radius 2 is 2.12 bits per heavy atom. The Morgan fingerprint density at radius 1 is 1.29 bits per heavy atom. The maximum Gasteiger partial charge on any atom is 0.387 e. The molecule has 0 bridgehead atoms. The molecule has 1 fully saturated rings. The number of likely N-dealkylation sites (tertiary alicyclic amines) is 1. The van der Waals surface area contributed by atoms with Gasteiger partial charge in [0.2, 0.25) is 5.91 Å². The minimum atomic E-state index is -2.91. The summed E-state index contributed by atoms with van der Waals surface area (Å²) in [5.74, 6) is 0.517. The molecule has 1 aromatic carbocycles. The summed E-state index contributed by atoms with van der Waals surface area (Å²) in [6.45, 7) is -0.541. The lowest BCUT2D eigenvalue weighted by atomic mass is 10.2. The van der Waals surface area contributed by atoms with Gasteiger partial charge in [0.25, 0.3) is 0 Å². The molecule has 1 heterocycles. The Bertz CT molecular complexity index is 541. The summed E-state index contributed by atoms with van der Waals surface area (Å²) in [6.07, 6.45) is 3.70. The van der Waals surface area contributed by atoms with Crippen LogP contribution in [0.5, 0.6) is 11.5 Å². The van der Waals surface area contributed by atoms with Gasteiger partial charge in [-0.25, -0.2) is 0 Å². The number of alkyl halides is 2. The van der Waals surface area contributed by atoms with Crippen molar-refractivity contribution in [3.05, 3.63) is 23.8 Å². The Kier molecular flexibility index (Phi) is 7.24. The van der Waals surface area contributed by atoms with E-state index in [1.165, 1.54) is 7.11 Å². The molecule has 5 nitrogen and oxygen atoms in total. The van der Waals surface area contributed by atoms with Gasteiger partial charge in [0.1, 0.15) is 0 Å². The van der Waals surface area contributed by atoms with E-state index < -0.39 is 6.61 Å². The number of amides is 1. The van der Waals surface area contributed by atoms with Crippen molar-refractivity contribution in [1.82, 2.24) is 10.2 Å². The second-order valence-corrected chi connectivity index (χ2v) is 5.70. The maximum absolute atomic E-state index is 12.6. The smallest absolute Gasteiger partial charge is 0.387 e. The van der Waals surface area contributed by atoms with Gasteiger partial charge in [0, 0.05) is 38.2 Å². The fourth-order valence-electron chi connectivity index (χ4n) is 2.80. The van der Waals surface area contributed by atoms with Crippen LogP contribution in [0, 0.1) is 0 Å². The van der Waals surface area contributed by atoms with E-state index in [-0.39, 0.29) is 17.4 Å². The molecule has 0 saturated carbocycles. The second-order valence-electron chi connectivity index (χ2n) is 5.70. The molecule has 0 aliphatic carbocycles. The van der Waals surface area contributed by atoms with Crippen LogP contribution in [0.3, 0.4) is 0 Å². The van der Waals surface area contributed by atoms with Crippen LogP contribution in [-0.4, -0.2) is 44.2 Å². The number of carbonyl (C=O) groups excluding carboxylic acids is 1. The van der Waals surface area contributed by atoms with Gasteiger partial charge in [0.15, 0.2) is 11.5 Å². The van der Waals surface area contributed by atoms with Gasteiger partial charge in [-0.15, -0.1) is 0 Å². The highest BCUT2D eigenvalue weighted by Crippen LogP contribution is 2.32. The molecule has 0 atom stereocenters. The summed E-state index contributed by atoms with van der Waals surface area (Å²) in [5.41, 5.74) is 0.594. The first-order chi connectivity index (χ1) is 11.6. The molecular formula is C17H24F2N2O3. The number of ether oxygens (including phenoxy) is 2. The maximum atomic E-state index is 12.6. The molecule has 134 valence electrons. The number of rotatable bonds is 8. The average molecular weight is 342 g/mol. The molecular weight excluding hydrogens is 318 g/mol. The lowest BCUT2D eigenvalue weighted by molar-refractivity contribution is -0.130. The molecule has 1 aliphatic heterocycles. The van der Waals surface area contributed by atoms with E-state index in [1.807, 2.05) is 4.90 Å². The number of para-hydroxylation sites is 1. The minimum absolute atomic E-state index is 0.0494. The summed E-state index contributed by atoms with van der Waals surface area (Å²) in [7, 11) is 1.41. The minimum Gasteiger partial charge on any atom is -0.493 e. The van der Waals surface area contributed by atoms with Crippen molar-refractivity contribution in [2.75, 3.05) is 26.7 Å². The summed E-state index contributed by atoms with van der Waals surface area (Å²) < 4.78 is 34.8. The molecule has 1 amide bonds. The zero-order chi connectivity index (χ0) is 17.4. The molecule has 2 rings (SSSR count). The third-order valence-electron chi connectivity index (χ3n) is 4.03. The van der Waals surface area contributed by atoms with Crippen LogP contribution in [-0.2, 0) is 11.3 Å². The van der Waals surface area contributed by atoms with Crippen molar-refractivity contribution >= 4 is 5.91 Å². The molecule has 1 N–H and O–H groups in total. The molecule has 1 saturated heterocycles. The summed E-state index contributed by atoms with van der Waals surface area (Å²) in [6, 6.07) is 5.02. The lowest BCUT2D eigenvalue weighted by Crippen LogP contribution is -2.36. The van der Waals surface area contributed by atoms with E-state index in [4.69, 9.17) is 4.74 Å². The highest BCUT2D eigenvalue weighted by molar-refractivity contribution is 5.76. The van der Waals surface area contributed by atoms with Gasteiger partial charge >= 0.3 is 6.61 Å². The van der Waals surface area contributed by atoms with Crippen molar-refractivity contribution < 1.29 is 23.0 Å². The summed E-state index contributed by atoms with van der Waals surface area (Å²) in [4.78, 5) is 13.8. The molecule has 0 spiro atoms. The molecule has 1 aromatic rings. The number of methoxy groups -OCH3 is 1. The largest absolute Gasteiger partial charge is 0.493 e. The number of hydrogen-bond donors (Lipinski definition) is 1. The normalized spacial score (nSPS) is 15.5. The van der Waals surface area contributed by atoms with Crippen LogP contribution in [0.4, 0.5) is 8.78 Å². The number of carbonyl (C=O) groups is 1. The Hall–Kier alpha value is -1.89. The van der Waals surface area contributed by atoms with E-state index in [2.05, 4.69) is 10.1 Å². The van der Waals surface area contributed by atoms with Gasteiger partial charge < -0.3 is 19.7 Å². The zero-order valence-electron chi connectivity index (χ0n) is 13.9. The third-order valence-corrected chi connectivity index (χ3v) is 4.03. The standard InChI is InChI=1S/C17H24F2N2O3/c1-23-14-7-5-6-13(16(14)24-17(18)19)12-20-9-11-21-10-4-2-3-8-15(21)22/h5-7,17,20H,2-4,8-12H2,1H3. The molecule has 1 aliphatic rings. The SMILES string of the molecule is COc1cccc(CNCCN2CCCCCC2=O)c1OC(F)F. The first-order valence-electron chi connectivity index (χ1n) is 8.21. The van der Waals surface area contributed by atoms with Crippen molar-refractivity contribution in [2.24, 2.45) is 0 Å². The molecule has 7 heteroatoms. The van der Waals surface area contributed by atoms with Crippen LogP contribution in [0.1, 0.15) is 31.2 Å². The number of nitrogens with one attached hydrogen (secondary N) is 1. The summed E-state index contributed by atoms with van der Waals surface area (Å²) in [5, 5.41) is 3.18. The van der Waals surface area contributed by atoms with Gasteiger partial charge in [-0.1, -0.05) is 18.6 Å². The zero-order valence-corrected chi connectivity index (χ0v) is 13.9. The Labute approximate surface area is 140 Å². The molecule has 0 aromatic heterocycles. The Morgan fingerprint density at radius 3 is 2.88 bits per heavy atom. The van der Waals surface area contributed by atoms with Crippen LogP contribution < -0.4 is 14.8 Å². The van der Waals surface area contributed by atoms with Crippen LogP contribution in [0.2, 0.25) is 0 Å². The van der Waals surface area contributed by atoms with Gasteiger partial charge in [-0.2, -0.15) is 8.78 Å². The van der Waals surface area contributed by atoms with E-state index in [9.17, 15) is 13.6 Å². The van der Waals surface area contributed by atoms with E-state index in [0.717, 1.165) is 25.8 Å². The lowest BCUT2D eigenvalue weighted by Gasteiger charge is -2.21. The van der Waals surface area contributed by atoms with Gasteiger partial charge in [0.05, 0.1) is 7.11 Å². The van der Waals surface area contributed by atoms with Crippen molar-refractivity contribution in [3.8, 4) is 11.5 Å². The van der Waals surface area contributed by atoms with Gasteiger partial charge in [-0.3, -0.25) is 4.79 Å². The van der Waals surface area contributed by atoms with E-state index in [0.29, 0.717) is 31.6 Å². The van der Waals surface area contributed by atoms with Crippen LogP contribution in [0.15, 0.2) is 18.2 Å². The van der Waals surface area contributed by atoms with E-state index >= 15 is 0 Å². The van der Waals surface area contributed by atoms with Crippen LogP contribution >= 0.6 is 0 Å². The fraction of sp³-hybridized carbons (Fsp3) is 0.588. The van der Waals surface area contributed by atoms with Crippen LogP contribution in [0.25, 0.3) is 0 Å². The first-order valence-corrected chi connectivity index (χ1v) is 8.21. The van der Waals surface area contributed by atoms with Crippen molar-refractivity contribution in [3.63, 3.8) is 0 Å². The Balaban J connectivity index is 1.88. The molecule has 24 heavy (non-hydrogen) atoms. The number of nitrogens with zero attached hydrogens (tertiary/aromatic N) is 1.